The van der Waals surface area contributed by atoms with Gasteiger partial charge in [0.05, 0.1) is 0 Å². The molecule has 2 atom stereocenters. The van der Waals surface area contributed by atoms with Crippen LogP contribution < -0.4 is 10.6 Å². The minimum Gasteiger partial charge on any atom is -0.368 e. The van der Waals surface area contributed by atoms with Crippen LogP contribution in [0, 0.1) is 5.92 Å². The van der Waals surface area contributed by atoms with Crippen LogP contribution in [0.2, 0.25) is 0 Å². The molecule has 0 aliphatic carbocycles. The molecule has 5 nitrogen and oxygen atoms in total. The van der Waals surface area contributed by atoms with Crippen LogP contribution in [0.25, 0.3) is 0 Å². The maximum atomic E-state index is 12.0. The average molecular weight is 262 g/mol. The maximum absolute atomic E-state index is 12.0. The molecule has 0 saturated carbocycles. The predicted octanol–water partition coefficient (Wildman–Crippen LogP) is 2.01. The number of anilines is 2. The molecule has 0 spiro atoms. The highest BCUT2D eigenvalue weighted by Crippen LogP contribution is 2.22. The third-order valence-corrected chi connectivity index (χ3v) is 3.10. The number of amides is 2. The quantitative estimate of drug-likeness (QED) is 0.875. The van der Waals surface area contributed by atoms with Gasteiger partial charge in [0.1, 0.15) is 6.10 Å². The molecule has 2 amide bonds. The number of hydrogen-bond donors (Lipinski definition) is 2. The molecule has 0 radical (unpaired) electrons. The van der Waals surface area contributed by atoms with Gasteiger partial charge in [-0.25, -0.2) is 0 Å². The van der Waals surface area contributed by atoms with E-state index in [0.717, 1.165) is 6.42 Å². The van der Waals surface area contributed by atoms with Crippen LogP contribution in [0.5, 0.6) is 0 Å². The highest BCUT2D eigenvalue weighted by molar-refractivity contribution is 5.96. The summed E-state index contributed by atoms with van der Waals surface area (Å²) in [5.41, 5.74) is 1.31. The normalized spacial score (nSPS) is 22.0. The number of nitrogens with one attached hydrogen (secondary N) is 2. The zero-order valence-electron chi connectivity index (χ0n) is 11.1. The first-order chi connectivity index (χ1) is 9.06. The van der Waals surface area contributed by atoms with Crippen molar-refractivity contribution >= 4 is 23.2 Å². The monoisotopic (exact) mass is 262 g/mol. The highest BCUT2D eigenvalue weighted by atomic mass is 16.5. The highest BCUT2D eigenvalue weighted by Gasteiger charge is 2.30. The van der Waals surface area contributed by atoms with E-state index in [0.29, 0.717) is 18.0 Å². The van der Waals surface area contributed by atoms with E-state index in [4.69, 9.17) is 4.74 Å². The van der Waals surface area contributed by atoms with Crippen molar-refractivity contribution in [2.24, 2.45) is 5.92 Å². The van der Waals surface area contributed by atoms with Crippen LogP contribution in [0.4, 0.5) is 11.4 Å². The third kappa shape index (κ3) is 3.54. The lowest BCUT2D eigenvalue weighted by Gasteiger charge is -2.15. The fraction of sp³-hybridized carbons (Fsp3) is 0.429. The van der Waals surface area contributed by atoms with Gasteiger partial charge in [-0.05, 0) is 30.5 Å². The van der Waals surface area contributed by atoms with E-state index in [1.165, 1.54) is 6.92 Å². The molecule has 0 unspecified atom stereocenters. The summed E-state index contributed by atoms with van der Waals surface area (Å²) >= 11 is 0. The lowest BCUT2D eigenvalue weighted by Crippen LogP contribution is -2.31. The topological polar surface area (TPSA) is 67.4 Å². The number of rotatable bonds is 3. The van der Waals surface area contributed by atoms with Crippen molar-refractivity contribution in [3.63, 3.8) is 0 Å². The van der Waals surface area contributed by atoms with Crippen molar-refractivity contribution in [3.05, 3.63) is 24.3 Å². The standard InChI is InChI=1S/C14H18N2O3/c1-9-6-7-19-13(9)14(18)16-12-5-3-4-11(8-12)15-10(2)17/h3-5,8-9,13H,6-7H2,1-2H3,(H,15,17)(H,16,18)/t9-,13+/m1/s1. The van der Waals surface area contributed by atoms with Gasteiger partial charge in [0.2, 0.25) is 5.91 Å². The van der Waals surface area contributed by atoms with Gasteiger partial charge in [-0.15, -0.1) is 0 Å². The molecule has 1 aromatic rings. The second kappa shape index (κ2) is 5.84. The smallest absolute Gasteiger partial charge is 0.253 e. The lowest BCUT2D eigenvalue weighted by atomic mass is 10.0. The Morgan fingerprint density at radius 3 is 2.53 bits per heavy atom. The van der Waals surface area contributed by atoms with E-state index in [-0.39, 0.29) is 23.8 Å². The van der Waals surface area contributed by atoms with Gasteiger partial charge in [0.25, 0.3) is 5.91 Å². The fourth-order valence-corrected chi connectivity index (χ4v) is 2.12. The van der Waals surface area contributed by atoms with Gasteiger partial charge in [0, 0.05) is 24.9 Å². The summed E-state index contributed by atoms with van der Waals surface area (Å²) in [5, 5.41) is 5.49. The number of hydrogen-bond acceptors (Lipinski definition) is 3. The molecule has 19 heavy (non-hydrogen) atoms. The largest absolute Gasteiger partial charge is 0.368 e. The Morgan fingerprint density at radius 2 is 1.95 bits per heavy atom. The Hall–Kier alpha value is -1.88. The van der Waals surface area contributed by atoms with Crippen molar-refractivity contribution in [1.82, 2.24) is 0 Å². The van der Waals surface area contributed by atoms with Gasteiger partial charge >= 0.3 is 0 Å². The maximum Gasteiger partial charge on any atom is 0.253 e. The molecular formula is C14H18N2O3. The van der Waals surface area contributed by atoms with Crippen LogP contribution in [0.15, 0.2) is 24.3 Å². The molecule has 5 heteroatoms. The molecule has 1 fully saturated rings. The molecule has 0 aromatic heterocycles. The van der Waals surface area contributed by atoms with E-state index >= 15 is 0 Å². The Kier molecular flexibility index (Phi) is 4.16. The summed E-state index contributed by atoms with van der Waals surface area (Å²) in [6.45, 7) is 4.08. The molecule has 102 valence electrons. The second-order valence-electron chi connectivity index (χ2n) is 4.81. The van der Waals surface area contributed by atoms with Crippen LogP contribution in [-0.4, -0.2) is 24.5 Å². The summed E-state index contributed by atoms with van der Waals surface area (Å²) in [7, 11) is 0. The minimum atomic E-state index is -0.385. The first-order valence-electron chi connectivity index (χ1n) is 6.36. The Balaban J connectivity index is 2.02. The summed E-state index contributed by atoms with van der Waals surface area (Å²) in [4.78, 5) is 23.0. The van der Waals surface area contributed by atoms with Crippen molar-refractivity contribution < 1.29 is 14.3 Å². The summed E-state index contributed by atoms with van der Waals surface area (Å²) in [6.07, 6.45) is 0.522. The number of benzene rings is 1. The molecule has 1 aliphatic heterocycles. The lowest BCUT2D eigenvalue weighted by molar-refractivity contribution is -0.126. The predicted molar refractivity (Wildman–Crippen MR) is 72.9 cm³/mol. The average Bonchev–Trinajstić information content (AvgIpc) is 2.75. The summed E-state index contributed by atoms with van der Waals surface area (Å²) in [5.74, 6) is -0.0419. The molecule has 0 bridgehead atoms. The van der Waals surface area contributed by atoms with Gasteiger partial charge in [0.15, 0.2) is 0 Å². The van der Waals surface area contributed by atoms with Crippen LogP contribution in [0.3, 0.4) is 0 Å². The molecule has 1 aliphatic rings. The van der Waals surface area contributed by atoms with E-state index < -0.39 is 0 Å². The number of carbonyl (C=O) groups is 2. The van der Waals surface area contributed by atoms with Gasteiger partial charge < -0.3 is 15.4 Å². The Morgan fingerprint density at radius 1 is 1.26 bits per heavy atom. The minimum absolute atomic E-state index is 0.134. The third-order valence-electron chi connectivity index (χ3n) is 3.10. The molecule has 1 saturated heterocycles. The zero-order valence-corrected chi connectivity index (χ0v) is 11.1. The molecular weight excluding hydrogens is 244 g/mol. The summed E-state index contributed by atoms with van der Waals surface area (Å²) in [6, 6.07) is 7.05. The molecule has 1 aromatic carbocycles. The fourth-order valence-electron chi connectivity index (χ4n) is 2.12. The van der Waals surface area contributed by atoms with Crippen molar-refractivity contribution in [3.8, 4) is 0 Å². The number of ether oxygens (including phenoxy) is 1. The first-order valence-corrected chi connectivity index (χ1v) is 6.36. The molecule has 2 rings (SSSR count). The van der Waals surface area contributed by atoms with Gasteiger partial charge in [-0.2, -0.15) is 0 Å². The van der Waals surface area contributed by atoms with Crippen molar-refractivity contribution in [1.29, 1.82) is 0 Å². The van der Waals surface area contributed by atoms with Crippen molar-refractivity contribution in [2.75, 3.05) is 17.2 Å². The van der Waals surface area contributed by atoms with E-state index in [1.807, 2.05) is 6.92 Å². The first kappa shape index (κ1) is 13.5. The molecule has 1 heterocycles. The van der Waals surface area contributed by atoms with E-state index in [1.54, 1.807) is 24.3 Å². The Bertz CT molecular complexity index is 487. The second-order valence-corrected chi connectivity index (χ2v) is 4.81. The van der Waals surface area contributed by atoms with Gasteiger partial charge in [-0.3, -0.25) is 9.59 Å². The van der Waals surface area contributed by atoms with Crippen LogP contribution in [0.1, 0.15) is 20.3 Å². The molecule has 2 N–H and O–H groups in total. The number of carbonyl (C=O) groups excluding carboxylic acids is 2. The zero-order chi connectivity index (χ0) is 13.8. The van der Waals surface area contributed by atoms with Gasteiger partial charge in [-0.1, -0.05) is 13.0 Å². The van der Waals surface area contributed by atoms with E-state index in [9.17, 15) is 9.59 Å². The Labute approximate surface area is 112 Å². The van der Waals surface area contributed by atoms with Crippen LogP contribution >= 0.6 is 0 Å². The van der Waals surface area contributed by atoms with Crippen molar-refractivity contribution in [2.45, 2.75) is 26.4 Å². The van der Waals surface area contributed by atoms with E-state index in [2.05, 4.69) is 10.6 Å². The SMILES string of the molecule is CC(=O)Nc1cccc(NC(=O)[C@H]2OCC[C@H]2C)c1. The summed E-state index contributed by atoms with van der Waals surface area (Å²) < 4.78 is 5.41. The van der Waals surface area contributed by atoms with Crippen LogP contribution in [-0.2, 0) is 14.3 Å².